The predicted molar refractivity (Wildman–Crippen MR) is 115 cm³/mol. The van der Waals surface area contributed by atoms with Crippen molar-refractivity contribution in [3.63, 3.8) is 0 Å². The summed E-state index contributed by atoms with van der Waals surface area (Å²) in [5.74, 6) is 1.26. The van der Waals surface area contributed by atoms with Crippen LogP contribution in [0.3, 0.4) is 0 Å². The summed E-state index contributed by atoms with van der Waals surface area (Å²) in [6, 6.07) is 14.5. The summed E-state index contributed by atoms with van der Waals surface area (Å²) >= 11 is 7.60. The molecule has 0 saturated heterocycles. The van der Waals surface area contributed by atoms with Crippen LogP contribution in [0, 0.1) is 0 Å². The second-order valence-electron chi connectivity index (χ2n) is 6.49. The van der Waals surface area contributed by atoms with E-state index in [9.17, 15) is 4.79 Å². The van der Waals surface area contributed by atoms with Crippen molar-refractivity contribution in [3.05, 3.63) is 69.7 Å². The number of fused-ring (bicyclic) bond motifs is 1. The molecule has 0 N–H and O–H groups in total. The first-order chi connectivity index (χ1) is 14.2. The van der Waals surface area contributed by atoms with Gasteiger partial charge in [0.15, 0.2) is 11.0 Å². The second kappa shape index (κ2) is 8.75. The maximum absolute atomic E-state index is 13.3. The van der Waals surface area contributed by atoms with Gasteiger partial charge >= 0.3 is 0 Å². The van der Waals surface area contributed by atoms with E-state index in [4.69, 9.17) is 16.6 Å². The predicted octanol–water partition coefficient (Wildman–Crippen LogP) is 4.12. The molecule has 9 heteroatoms. The summed E-state index contributed by atoms with van der Waals surface area (Å²) in [4.78, 5) is 18.0. The molecule has 0 fully saturated rings. The molecule has 0 aliphatic heterocycles. The molecular formula is C20H19ClN6OS. The van der Waals surface area contributed by atoms with Crippen molar-refractivity contribution in [2.24, 2.45) is 0 Å². The van der Waals surface area contributed by atoms with Gasteiger partial charge in [-0.05, 0) is 47.2 Å². The maximum Gasteiger partial charge on any atom is 0.266 e. The first-order valence-corrected chi connectivity index (χ1v) is 10.7. The molecule has 0 saturated carbocycles. The fourth-order valence-electron chi connectivity index (χ4n) is 2.99. The molecule has 0 spiro atoms. The number of benzene rings is 2. The number of halogens is 1. The normalized spacial score (nSPS) is 11.2. The minimum absolute atomic E-state index is 0.133. The van der Waals surface area contributed by atoms with Crippen LogP contribution < -0.4 is 5.56 Å². The number of hydrogen-bond acceptors (Lipinski definition) is 6. The minimum atomic E-state index is -0.133. The Morgan fingerprint density at radius 1 is 1.14 bits per heavy atom. The highest BCUT2D eigenvalue weighted by molar-refractivity contribution is 7.98. The molecule has 2 aromatic carbocycles. The van der Waals surface area contributed by atoms with Crippen molar-refractivity contribution in [1.29, 1.82) is 0 Å². The third-order valence-electron chi connectivity index (χ3n) is 4.47. The Balaban J connectivity index is 1.76. The fourth-order valence-corrected chi connectivity index (χ4v) is 4.12. The van der Waals surface area contributed by atoms with E-state index < -0.39 is 0 Å². The lowest BCUT2D eigenvalue weighted by atomic mass is 10.2. The lowest BCUT2D eigenvalue weighted by molar-refractivity contribution is 0.540. The highest BCUT2D eigenvalue weighted by Crippen LogP contribution is 2.25. The standard InChI is InChI=1S/C20H19ClN6OS/c1-2-3-11-26-18(23-24-25-26)13-29-20-22-17-10-5-4-9-16(17)19(28)27(20)15-8-6-7-14(21)12-15/h4-10,12H,2-3,11,13H2,1H3. The van der Waals surface area contributed by atoms with Gasteiger partial charge in [0, 0.05) is 11.6 Å². The number of nitrogens with zero attached hydrogens (tertiary/aromatic N) is 6. The fraction of sp³-hybridized carbons (Fsp3) is 0.250. The van der Waals surface area contributed by atoms with Gasteiger partial charge in [0.25, 0.3) is 5.56 Å². The Bertz CT molecular complexity index is 1210. The van der Waals surface area contributed by atoms with Crippen molar-refractivity contribution >= 4 is 34.3 Å². The van der Waals surface area contributed by atoms with Gasteiger partial charge in [-0.1, -0.05) is 54.9 Å². The van der Waals surface area contributed by atoms with Gasteiger partial charge in [0.2, 0.25) is 0 Å². The number of aryl methyl sites for hydroxylation is 1. The number of hydrogen-bond donors (Lipinski definition) is 0. The second-order valence-corrected chi connectivity index (χ2v) is 7.87. The SMILES string of the molecule is CCCCn1nnnc1CSc1nc2ccccc2c(=O)n1-c1cccc(Cl)c1. The zero-order chi connectivity index (χ0) is 20.2. The lowest BCUT2D eigenvalue weighted by Gasteiger charge is -2.13. The number of para-hydroxylation sites is 1. The average Bonchev–Trinajstić information content (AvgIpc) is 3.18. The summed E-state index contributed by atoms with van der Waals surface area (Å²) in [5, 5.41) is 13.7. The van der Waals surface area contributed by atoms with Crippen molar-refractivity contribution in [1.82, 2.24) is 29.8 Å². The first-order valence-electron chi connectivity index (χ1n) is 9.33. The van der Waals surface area contributed by atoms with Gasteiger partial charge in [-0.3, -0.25) is 9.36 Å². The Morgan fingerprint density at radius 3 is 2.83 bits per heavy atom. The molecule has 0 amide bonds. The molecular weight excluding hydrogens is 408 g/mol. The summed E-state index contributed by atoms with van der Waals surface area (Å²) in [7, 11) is 0. The van der Waals surface area contributed by atoms with Gasteiger partial charge in [-0.15, -0.1) is 5.10 Å². The van der Waals surface area contributed by atoms with E-state index in [-0.39, 0.29) is 5.56 Å². The monoisotopic (exact) mass is 426 g/mol. The van der Waals surface area contributed by atoms with Crippen LogP contribution in [0.25, 0.3) is 16.6 Å². The number of tetrazole rings is 1. The molecule has 2 heterocycles. The average molecular weight is 427 g/mol. The molecule has 2 aromatic heterocycles. The molecule has 0 bridgehead atoms. The highest BCUT2D eigenvalue weighted by atomic mass is 35.5. The number of thioether (sulfide) groups is 1. The zero-order valence-electron chi connectivity index (χ0n) is 15.8. The van der Waals surface area contributed by atoms with Crippen molar-refractivity contribution in [2.45, 2.75) is 37.2 Å². The molecule has 0 aliphatic rings. The highest BCUT2D eigenvalue weighted by Gasteiger charge is 2.15. The van der Waals surface area contributed by atoms with Crippen LogP contribution in [0.4, 0.5) is 0 Å². The maximum atomic E-state index is 13.3. The summed E-state index contributed by atoms with van der Waals surface area (Å²) in [6.07, 6.45) is 2.07. The minimum Gasteiger partial charge on any atom is -0.268 e. The largest absolute Gasteiger partial charge is 0.268 e. The van der Waals surface area contributed by atoms with Gasteiger partial charge < -0.3 is 0 Å². The van der Waals surface area contributed by atoms with Crippen LogP contribution in [-0.2, 0) is 12.3 Å². The Labute approximate surface area is 176 Å². The van der Waals surface area contributed by atoms with Crippen LogP contribution in [0.2, 0.25) is 5.02 Å². The van der Waals surface area contributed by atoms with Crippen molar-refractivity contribution in [3.8, 4) is 5.69 Å². The summed E-state index contributed by atoms with van der Waals surface area (Å²) < 4.78 is 3.40. The van der Waals surface area contributed by atoms with E-state index in [1.54, 1.807) is 27.4 Å². The van der Waals surface area contributed by atoms with Gasteiger partial charge in [-0.25, -0.2) is 9.67 Å². The molecule has 4 rings (SSSR count). The van der Waals surface area contributed by atoms with Gasteiger partial charge in [-0.2, -0.15) is 0 Å². The zero-order valence-corrected chi connectivity index (χ0v) is 17.4. The first kappa shape index (κ1) is 19.6. The van der Waals surface area contributed by atoms with E-state index >= 15 is 0 Å². The third-order valence-corrected chi connectivity index (χ3v) is 5.64. The van der Waals surface area contributed by atoms with E-state index in [1.807, 2.05) is 30.3 Å². The van der Waals surface area contributed by atoms with E-state index in [2.05, 4.69) is 22.4 Å². The lowest BCUT2D eigenvalue weighted by Crippen LogP contribution is -2.21. The Morgan fingerprint density at radius 2 is 2.00 bits per heavy atom. The Hall–Kier alpha value is -2.71. The molecule has 0 radical (unpaired) electrons. The van der Waals surface area contributed by atoms with Crippen molar-refractivity contribution < 1.29 is 0 Å². The molecule has 0 atom stereocenters. The van der Waals surface area contributed by atoms with Gasteiger partial charge in [0.1, 0.15) is 0 Å². The third kappa shape index (κ3) is 4.18. The molecule has 29 heavy (non-hydrogen) atoms. The van der Waals surface area contributed by atoms with E-state index in [0.717, 1.165) is 25.2 Å². The van der Waals surface area contributed by atoms with E-state index in [1.165, 1.54) is 11.8 Å². The van der Waals surface area contributed by atoms with Crippen LogP contribution in [-0.4, -0.2) is 29.8 Å². The van der Waals surface area contributed by atoms with Gasteiger partial charge in [0.05, 0.1) is 22.3 Å². The summed E-state index contributed by atoms with van der Waals surface area (Å²) in [5.41, 5.74) is 1.20. The van der Waals surface area contributed by atoms with Crippen LogP contribution in [0.1, 0.15) is 25.6 Å². The number of unbranched alkanes of at least 4 members (excludes halogenated alkanes) is 1. The molecule has 4 aromatic rings. The van der Waals surface area contributed by atoms with Crippen molar-refractivity contribution in [2.75, 3.05) is 0 Å². The molecule has 0 unspecified atom stereocenters. The Kier molecular flexibility index (Phi) is 5.92. The topological polar surface area (TPSA) is 78.5 Å². The number of rotatable bonds is 7. The van der Waals surface area contributed by atoms with E-state index in [0.29, 0.717) is 32.5 Å². The quantitative estimate of drug-likeness (QED) is 0.327. The molecule has 7 nitrogen and oxygen atoms in total. The van der Waals surface area contributed by atoms with Crippen LogP contribution in [0.15, 0.2) is 58.5 Å². The van der Waals surface area contributed by atoms with Crippen LogP contribution >= 0.6 is 23.4 Å². The molecule has 0 aliphatic carbocycles. The van der Waals surface area contributed by atoms with Crippen LogP contribution in [0.5, 0.6) is 0 Å². The smallest absolute Gasteiger partial charge is 0.266 e. The number of aromatic nitrogens is 6. The molecule has 148 valence electrons. The summed E-state index contributed by atoms with van der Waals surface area (Å²) in [6.45, 7) is 2.90.